The van der Waals surface area contributed by atoms with Crippen LogP contribution in [0.3, 0.4) is 0 Å². The number of pyridine rings is 1. The lowest BCUT2D eigenvalue weighted by Crippen LogP contribution is -2.47. The predicted octanol–water partition coefficient (Wildman–Crippen LogP) is 6.82. The molecule has 0 spiro atoms. The van der Waals surface area contributed by atoms with E-state index >= 15 is 0 Å². The smallest absolute Gasteiger partial charge is 0.377 e. The second-order valence-electron chi connectivity index (χ2n) is 11.1. The molecule has 202 valence electrons. The number of amides is 1. The number of hydrogen-bond donors (Lipinski definition) is 1. The number of rotatable bonds is 5. The van der Waals surface area contributed by atoms with E-state index in [0.29, 0.717) is 17.3 Å². The van der Waals surface area contributed by atoms with Gasteiger partial charge in [0.1, 0.15) is 5.82 Å². The number of nitrogens with zero attached hydrogens (tertiary/aromatic N) is 3. The number of carbonyl (C=O) groups excluding carboxylic acids is 1. The Hall–Kier alpha value is -3.81. The molecule has 2 aliphatic carbocycles. The Kier molecular flexibility index (Phi) is 6.16. The molecule has 6 rings (SSSR count). The molecule has 1 N–H and O–H groups in total. The summed E-state index contributed by atoms with van der Waals surface area (Å²) < 4.78 is 43.2. The highest BCUT2D eigenvalue weighted by Crippen LogP contribution is 2.47. The average Bonchev–Trinajstić information content (AvgIpc) is 3.56. The van der Waals surface area contributed by atoms with Gasteiger partial charge >= 0.3 is 6.18 Å². The molecule has 3 aromatic rings. The third-order valence-corrected chi connectivity index (χ3v) is 8.43. The number of piperidine rings is 1. The average molecular weight is 533 g/mol. The number of nitrogens with one attached hydrogen (secondary N) is 1. The molecule has 2 fully saturated rings. The van der Waals surface area contributed by atoms with Gasteiger partial charge in [0.15, 0.2) is 5.41 Å². The molecule has 2 aromatic carbocycles. The van der Waals surface area contributed by atoms with Gasteiger partial charge in [-0.2, -0.15) is 13.2 Å². The van der Waals surface area contributed by atoms with Crippen molar-refractivity contribution in [2.24, 2.45) is 11.3 Å². The van der Waals surface area contributed by atoms with E-state index < -0.39 is 23.9 Å². The summed E-state index contributed by atoms with van der Waals surface area (Å²) in [5.74, 6) is 0.555. The molecule has 2 bridgehead atoms. The van der Waals surface area contributed by atoms with E-state index in [9.17, 15) is 18.0 Å². The molecule has 39 heavy (non-hydrogen) atoms. The summed E-state index contributed by atoms with van der Waals surface area (Å²) in [4.78, 5) is 22.6. The first-order chi connectivity index (χ1) is 18.6. The normalized spacial score (nSPS) is 24.2. The molecule has 1 saturated carbocycles. The monoisotopic (exact) mass is 532 g/mol. The molecular formula is C31H31F3N4O. The Morgan fingerprint density at radius 1 is 1.10 bits per heavy atom. The molecule has 0 radical (unpaired) electrons. The van der Waals surface area contributed by atoms with E-state index in [2.05, 4.69) is 10.2 Å². The number of benzene rings is 2. The summed E-state index contributed by atoms with van der Waals surface area (Å²) >= 11 is 0. The Balaban J connectivity index is 1.29. The summed E-state index contributed by atoms with van der Waals surface area (Å²) in [6.45, 7) is 1.01. The van der Waals surface area contributed by atoms with Crippen LogP contribution < -0.4 is 15.1 Å². The van der Waals surface area contributed by atoms with Crippen LogP contribution >= 0.6 is 0 Å². The summed E-state index contributed by atoms with van der Waals surface area (Å²) in [5.41, 5.74) is 0.784. The number of anilines is 3. The van der Waals surface area contributed by atoms with Crippen LogP contribution in [0.4, 0.5) is 30.4 Å². The summed E-state index contributed by atoms with van der Waals surface area (Å²) in [7, 11) is 3.87. The summed E-state index contributed by atoms with van der Waals surface area (Å²) in [6.07, 6.45) is 2.32. The van der Waals surface area contributed by atoms with Crippen LogP contribution in [-0.4, -0.2) is 43.7 Å². The Bertz CT molecular complexity index is 1480. The number of halogens is 3. The first kappa shape index (κ1) is 25.5. The van der Waals surface area contributed by atoms with Crippen molar-refractivity contribution in [2.45, 2.75) is 37.9 Å². The van der Waals surface area contributed by atoms with Crippen molar-refractivity contribution in [1.82, 2.24) is 4.98 Å². The standard InChI is InChI=1S/C31H31F3N4O/c1-37(2)27-18-28(38-19-20-8-10-24(38)16-20)36-26-11-9-23(17-25(26)27)35-29(39)30(31(32,33)34)14-12-22(13-15-30)21-6-4-3-5-7-21/h3-7,9,11-14,17-18,20,24H,8,10,15-16,19H2,1-2H3,(H,35,39). The van der Waals surface area contributed by atoms with Crippen LogP contribution in [0, 0.1) is 11.3 Å². The molecule has 3 aliphatic rings. The van der Waals surface area contributed by atoms with E-state index in [0.717, 1.165) is 46.5 Å². The zero-order chi connectivity index (χ0) is 27.4. The minimum absolute atomic E-state index is 0.306. The minimum Gasteiger partial charge on any atom is -0.377 e. The Labute approximate surface area is 226 Å². The third kappa shape index (κ3) is 4.45. The summed E-state index contributed by atoms with van der Waals surface area (Å²) in [6, 6.07) is 16.9. The molecule has 1 amide bonds. The van der Waals surface area contributed by atoms with Gasteiger partial charge in [-0.05, 0) is 60.9 Å². The molecule has 2 heterocycles. The van der Waals surface area contributed by atoms with E-state index in [1.807, 2.05) is 55.4 Å². The van der Waals surface area contributed by atoms with Gasteiger partial charge in [0.25, 0.3) is 0 Å². The molecule has 3 unspecified atom stereocenters. The maximum atomic E-state index is 14.4. The lowest BCUT2D eigenvalue weighted by Gasteiger charge is -2.33. The molecule has 1 aromatic heterocycles. The van der Waals surface area contributed by atoms with E-state index in [1.165, 1.54) is 31.4 Å². The highest BCUT2D eigenvalue weighted by Gasteiger charge is 2.58. The molecule has 1 saturated heterocycles. The van der Waals surface area contributed by atoms with Crippen LogP contribution in [0.2, 0.25) is 0 Å². The zero-order valence-corrected chi connectivity index (χ0v) is 22.0. The Morgan fingerprint density at radius 3 is 2.51 bits per heavy atom. The van der Waals surface area contributed by atoms with Gasteiger partial charge in [-0.25, -0.2) is 4.98 Å². The van der Waals surface area contributed by atoms with Crippen molar-refractivity contribution in [1.29, 1.82) is 0 Å². The fourth-order valence-corrected chi connectivity index (χ4v) is 6.23. The first-order valence-electron chi connectivity index (χ1n) is 13.4. The van der Waals surface area contributed by atoms with E-state index in [1.54, 1.807) is 18.2 Å². The number of hydrogen-bond acceptors (Lipinski definition) is 4. The molecule has 1 aliphatic heterocycles. The topological polar surface area (TPSA) is 48.5 Å². The number of carbonyl (C=O) groups is 1. The maximum Gasteiger partial charge on any atom is 0.406 e. The molecule has 8 heteroatoms. The second-order valence-corrected chi connectivity index (χ2v) is 11.1. The van der Waals surface area contributed by atoms with Crippen LogP contribution in [-0.2, 0) is 4.79 Å². The highest BCUT2D eigenvalue weighted by molar-refractivity contribution is 6.02. The van der Waals surface area contributed by atoms with Crippen LogP contribution in [0.25, 0.3) is 16.5 Å². The van der Waals surface area contributed by atoms with Gasteiger partial charge in [0.05, 0.1) is 5.52 Å². The molecular weight excluding hydrogens is 501 g/mol. The molecule has 5 nitrogen and oxygen atoms in total. The fraction of sp³-hybridized carbons (Fsp3) is 0.355. The van der Waals surface area contributed by atoms with E-state index in [4.69, 9.17) is 4.98 Å². The largest absolute Gasteiger partial charge is 0.406 e. The number of fused-ring (bicyclic) bond motifs is 3. The van der Waals surface area contributed by atoms with Crippen molar-refractivity contribution < 1.29 is 18.0 Å². The zero-order valence-electron chi connectivity index (χ0n) is 22.0. The van der Waals surface area contributed by atoms with Gasteiger partial charge in [-0.3, -0.25) is 4.79 Å². The molecule has 3 atom stereocenters. The summed E-state index contributed by atoms with van der Waals surface area (Å²) in [5, 5.41) is 3.34. The van der Waals surface area contributed by atoms with Gasteiger partial charge in [0.2, 0.25) is 5.91 Å². The lowest BCUT2D eigenvalue weighted by atomic mass is 9.77. The van der Waals surface area contributed by atoms with Crippen LogP contribution in [0.5, 0.6) is 0 Å². The fourth-order valence-electron chi connectivity index (χ4n) is 6.23. The number of allylic oxidation sites excluding steroid dienone is 3. The predicted molar refractivity (Wildman–Crippen MR) is 150 cm³/mol. The number of aromatic nitrogens is 1. The van der Waals surface area contributed by atoms with Crippen molar-refractivity contribution in [3.8, 4) is 0 Å². The lowest BCUT2D eigenvalue weighted by molar-refractivity contribution is -0.203. The van der Waals surface area contributed by atoms with Crippen LogP contribution in [0.1, 0.15) is 31.2 Å². The third-order valence-electron chi connectivity index (χ3n) is 8.43. The quantitative estimate of drug-likeness (QED) is 0.392. The van der Waals surface area contributed by atoms with Gasteiger partial charge in [0, 0.05) is 49.5 Å². The maximum absolute atomic E-state index is 14.4. The van der Waals surface area contributed by atoms with Gasteiger partial charge in [-0.1, -0.05) is 48.6 Å². The van der Waals surface area contributed by atoms with Crippen molar-refractivity contribution in [3.63, 3.8) is 0 Å². The van der Waals surface area contributed by atoms with Gasteiger partial charge < -0.3 is 15.1 Å². The first-order valence-corrected chi connectivity index (χ1v) is 13.4. The van der Waals surface area contributed by atoms with E-state index in [-0.39, 0.29) is 0 Å². The van der Waals surface area contributed by atoms with Crippen molar-refractivity contribution >= 4 is 39.6 Å². The number of alkyl halides is 3. The van der Waals surface area contributed by atoms with Crippen molar-refractivity contribution in [2.75, 3.05) is 35.8 Å². The highest BCUT2D eigenvalue weighted by atomic mass is 19.4. The Morgan fingerprint density at radius 2 is 1.90 bits per heavy atom. The second kappa shape index (κ2) is 9.43. The van der Waals surface area contributed by atoms with Crippen LogP contribution in [0.15, 0.2) is 72.8 Å². The SMILES string of the molecule is CN(C)c1cc(N2CC3CCC2C3)nc2ccc(NC(=O)C3(C(F)(F)F)C=CC(c4ccccc4)=CC3)cc12. The van der Waals surface area contributed by atoms with Gasteiger partial charge in [-0.15, -0.1) is 0 Å². The van der Waals surface area contributed by atoms with Crippen molar-refractivity contribution in [3.05, 3.63) is 78.4 Å². The minimum atomic E-state index is -4.76.